The molecular weight excluding hydrogens is 328 g/mol. The van der Waals surface area contributed by atoms with Gasteiger partial charge in [0.25, 0.3) is 5.91 Å². The fourth-order valence-corrected chi connectivity index (χ4v) is 2.64. The summed E-state index contributed by atoms with van der Waals surface area (Å²) in [6, 6.07) is 10.1. The first-order valence-electron chi connectivity index (χ1n) is 7.17. The van der Waals surface area contributed by atoms with Crippen LogP contribution in [0.3, 0.4) is 0 Å². The smallest absolute Gasteiger partial charge is 0.272 e. The molecule has 0 radical (unpaired) electrons. The lowest BCUT2D eigenvalue weighted by Gasteiger charge is -2.13. The molecule has 112 valence electrons. The zero-order valence-corrected chi connectivity index (χ0v) is 14.4. The van der Waals surface area contributed by atoms with E-state index in [9.17, 15) is 4.79 Å². The van der Waals surface area contributed by atoms with Crippen LogP contribution in [0.15, 0.2) is 41.0 Å². The lowest BCUT2D eigenvalue weighted by atomic mass is 10.0. The Morgan fingerprint density at radius 1 is 1.14 bits per heavy atom. The molecule has 0 unspecified atom stereocenters. The Labute approximate surface area is 134 Å². The quantitative estimate of drug-likeness (QED) is 0.808. The highest BCUT2D eigenvalue weighted by molar-refractivity contribution is 9.10. The lowest BCUT2D eigenvalue weighted by Crippen LogP contribution is -2.17. The van der Waals surface area contributed by atoms with Crippen LogP contribution in [0, 0.1) is 0 Å². The molecule has 0 aliphatic heterocycles. The molecule has 0 aliphatic rings. The van der Waals surface area contributed by atoms with Crippen molar-refractivity contribution in [1.29, 1.82) is 0 Å². The van der Waals surface area contributed by atoms with Crippen molar-refractivity contribution >= 4 is 27.5 Å². The Morgan fingerprint density at radius 2 is 1.76 bits per heavy atom. The van der Waals surface area contributed by atoms with Crippen LogP contribution < -0.4 is 5.32 Å². The highest BCUT2D eigenvalue weighted by Crippen LogP contribution is 2.21. The molecule has 2 aromatic rings. The van der Waals surface area contributed by atoms with E-state index in [1.807, 2.05) is 29.0 Å². The van der Waals surface area contributed by atoms with Gasteiger partial charge in [-0.15, -0.1) is 0 Å². The van der Waals surface area contributed by atoms with E-state index >= 15 is 0 Å². The van der Waals surface area contributed by atoms with Crippen molar-refractivity contribution in [2.45, 2.75) is 39.7 Å². The van der Waals surface area contributed by atoms with Gasteiger partial charge >= 0.3 is 0 Å². The third-order valence-corrected chi connectivity index (χ3v) is 3.87. The molecule has 1 amide bonds. The molecular formula is C17H21BrN2O. The zero-order valence-electron chi connectivity index (χ0n) is 12.9. The van der Waals surface area contributed by atoms with Gasteiger partial charge in [-0.3, -0.25) is 4.79 Å². The maximum Gasteiger partial charge on any atom is 0.272 e. The lowest BCUT2D eigenvalue weighted by molar-refractivity contribution is 0.101. The molecule has 4 heteroatoms. The normalized spacial score (nSPS) is 11.2. The number of carbonyl (C=O) groups is 1. The number of halogens is 1. The van der Waals surface area contributed by atoms with Crippen LogP contribution in [0.25, 0.3) is 0 Å². The number of nitrogens with zero attached hydrogens (tertiary/aromatic N) is 1. The second-order valence-electron chi connectivity index (χ2n) is 5.78. The number of amides is 1. The van der Waals surface area contributed by atoms with Crippen molar-refractivity contribution in [2.75, 3.05) is 5.32 Å². The Balaban J connectivity index is 2.18. The molecule has 3 nitrogen and oxygen atoms in total. The molecule has 0 aliphatic carbocycles. The summed E-state index contributed by atoms with van der Waals surface area (Å²) >= 11 is 3.43. The van der Waals surface area contributed by atoms with E-state index in [0.717, 1.165) is 10.2 Å². The van der Waals surface area contributed by atoms with E-state index in [-0.39, 0.29) is 11.9 Å². The standard InChI is InChI=1S/C17H21BrN2O/c1-11(2)13-5-7-15(8-6-13)19-17(21)16-9-14(18)10-20(16)12(3)4/h5-12H,1-4H3,(H,19,21). The average Bonchev–Trinajstić information content (AvgIpc) is 2.82. The largest absolute Gasteiger partial charge is 0.340 e. The summed E-state index contributed by atoms with van der Waals surface area (Å²) in [6.07, 6.45) is 1.93. The zero-order chi connectivity index (χ0) is 15.6. The minimum absolute atomic E-state index is 0.0910. The van der Waals surface area contributed by atoms with Gasteiger partial charge in [-0.2, -0.15) is 0 Å². The Kier molecular flexibility index (Phi) is 4.88. The van der Waals surface area contributed by atoms with Gasteiger partial charge in [0.05, 0.1) is 0 Å². The molecule has 1 heterocycles. The summed E-state index contributed by atoms with van der Waals surface area (Å²) in [7, 11) is 0. The minimum Gasteiger partial charge on any atom is -0.340 e. The van der Waals surface area contributed by atoms with Crippen LogP contribution in [-0.2, 0) is 0 Å². The molecule has 0 spiro atoms. The molecule has 0 saturated carbocycles. The Bertz CT molecular complexity index is 627. The number of anilines is 1. The maximum atomic E-state index is 12.4. The van der Waals surface area contributed by atoms with E-state index in [2.05, 4.69) is 61.1 Å². The van der Waals surface area contributed by atoms with Gasteiger partial charge in [0.2, 0.25) is 0 Å². The van der Waals surface area contributed by atoms with Crippen molar-refractivity contribution in [3.63, 3.8) is 0 Å². The second-order valence-corrected chi connectivity index (χ2v) is 6.69. The van der Waals surface area contributed by atoms with Crippen LogP contribution >= 0.6 is 15.9 Å². The maximum absolute atomic E-state index is 12.4. The molecule has 21 heavy (non-hydrogen) atoms. The third-order valence-electron chi connectivity index (χ3n) is 3.44. The summed E-state index contributed by atoms with van der Waals surface area (Å²) in [5.74, 6) is 0.399. The SMILES string of the molecule is CC(C)c1ccc(NC(=O)c2cc(Br)cn2C(C)C)cc1. The van der Waals surface area contributed by atoms with Gasteiger partial charge < -0.3 is 9.88 Å². The summed E-state index contributed by atoms with van der Waals surface area (Å²) < 4.78 is 2.87. The van der Waals surface area contributed by atoms with E-state index in [4.69, 9.17) is 0 Å². The number of nitrogens with one attached hydrogen (secondary N) is 1. The van der Waals surface area contributed by atoms with Crippen LogP contribution in [-0.4, -0.2) is 10.5 Å². The van der Waals surface area contributed by atoms with Gasteiger partial charge in [0.1, 0.15) is 5.69 Å². The predicted molar refractivity (Wildman–Crippen MR) is 91.0 cm³/mol. The topological polar surface area (TPSA) is 34.0 Å². The monoisotopic (exact) mass is 348 g/mol. The summed E-state index contributed by atoms with van der Waals surface area (Å²) in [5, 5.41) is 2.95. The number of hydrogen-bond acceptors (Lipinski definition) is 1. The predicted octanol–water partition coefficient (Wildman–Crippen LogP) is 5.21. The molecule has 0 fully saturated rings. The Morgan fingerprint density at radius 3 is 2.29 bits per heavy atom. The van der Waals surface area contributed by atoms with Crippen molar-refractivity contribution in [3.05, 3.63) is 52.3 Å². The molecule has 1 aromatic carbocycles. The fraction of sp³-hybridized carbons (Fsp3) is 0.353. The summed E-state index contributed by atoms with van der Waals surface area (Å²) in [6.45, 7) is 8.42. The molecule has 2 rings (SSSR count). The minimum atomic E-state index is -0.0910. The summed E-state index contributed by atoms with van der Waals surface area (Å²) in [5.41, 5.74) is 2.74. The number of rotatable bonds is 4. The first-order chi connectivity index (χ1) is 9.88. The van der Waals surface area contributed by atoms with E-state index < -0.39 is 0 Å². The first-order valence-corrected chi connectivity index (χ1v) is 7.96. The van der Waals surface area contributed by atoms with Gasteiger partial charge in [-0.05, 0) is 59.5 Å². The van der Waals surface area contributed by atoms with Crippen LogP contribution in [0.5, 0.6) is 0 Å². The molecule has 0 atom stereocenters. The summed E-state index contributed by atoms with van der Waals surface area (Å²) in [4.78, 5) is 12.4. The van der Waals surface area contributed by atoms with Crippen molar-refractivity contribution in [2.24, 2.45) is 0 Å². The van der Waals surface area contributed by atoms with E-state index in [1.54, 1.807) is 0 Å². The molecule has 0 saturated heterocycles. The highest BCUT2D eigenvalue weighted by Gasteiger charge is 2.15. The van der Waals surface area contributed by atoms with Crippen molar-refractivity contribution < 1.29 is 4.79 Å². The number of hydrogen-bond donors (Lipinski definition) is 1. The van der Waals surface area contributed by atoms with Crippen molar-refractivity contribution in [1.82, 2.24) is 4.57 Å². The second kappa shape index (κ2) is 6.48. The number of aromatic nitrogens is 1. The van der Waals surface area contributed by atoms with Gasteiger partial charge in [0, 0.05) is 22.4 Å². The number of carbonyl (C=O) groups excluding carboxylic acids is 1. The molecule has 1 aromatic heterocycles. The van der Waals surface area contributed by atoms with Gasteiger partial charge in [-0.25, -0.2) is 0 Å². The van der Waals surface area contributed by atoms with Crippen LogP contribution in [0.1, 0.15) is 55.7 Å². The Hall–Kier alpha value is -1.55. The first kappa shape index (κ1) is 15.8. The van der Waals surface area contributed by atoms with E-state index in [0.29, 0.717) is 11.6 Å². The van der Waals surface area contributed by atoms with Crippen LogP contribution in [0.2, 0.25) is 0 Å². The van der Waals surface area contributed by atoms with Gasteiger partial charge in [-0.1, -0.05) is 26.0 Å². The van der Waals surface area contributed by atoms with Crippen LogP contribution in [0.4, 0.5) is 5.69 Å². The molecule has 1 N–H and O–H groups in total. The average molecular weight is 349 g/mol. The van der Waals surface area contributed by atoms with Gasteiger partial charge in [0.15, 0.2) is 0 Å². The fourth-order valence-electron chi connectivity index (χ4n) is 2.20. The third kappa shape index (κ3) is 3.76. The highest BCUT2D eigenvalue weighted by atomic mass is 79.9. The van der Waals surface area contributed by atoms with Crippen molar-refractivity contribution in [3.8, 4) is 0 Å². The van der Waals surface area contributed by atoms with E-state index in [1.165, 1.54) is 5.56 Å². The number of benzene rings is 1. The molecule has 0 bridgehead atoms.